The topological polar surface area (TPSA) is 84.9 Å². The average molecular weight is 307 g/mol. The Balaban J connectivity index is 2.02. The molecule has 0 bridgehead atoms. The molecule has 0 spiro atoms. The first-order valence-corrected chi connectivity index (χ1v) is 7.30. The van der Waals surface area contributed by atoms with Crippen LogP contribution >= 0.6 is 0 Å². The van der Waals surface area contributed by atoms with Crippen molar-refractivity contribution in [2.45, 2.75) is 25.7 Å². The van der Waals surface area contributed by atoms with Gasteiger partial charge in [0.1, 0.15) is 11.5 Å². The lowest BCUT2D eigenvalue weighted by Gasteiger charge is -2.25. The van der Waals surface area contributed by atoms with Gasteiger partial charge in [0.05, 0.1) is 25.8 Å². The van der Waals surface area contributed by atoms with Gasteiger partial charge in [0.15, 0.2) is 0 Å². The fraction of sp³-hybridized carbons (Fsp3) is 0.500. The predicted octanol–water partition coefficient (Wildman–Crippen LogP) is 2.53. The quantitative estimate of drug-likeness (QED) is 0.873. The van der Waals surface area contributed by atoms with Crippen molar-refractivity contribution in [3.63, 3.8) is 0 Å². The third-order valence-corrected chi connectivity index (χ3v) is 4.11. The molecular formula is C16H21NO5. The van der Waals surface area contributed by atoms with Crippen LogP contribution < -0.4 is 14.8 Å². The third kappa shape index (κ3) is 3.69. The van der Waals surface area contributed by atoms with E-state index in [1.54, 1.807) is 25.3 Å². The summed E-state index contributed by atoms with van der Waals surface area (Å²) in [5, 5.41) is 11.9. The molecule has 1 fully saturated rings. The number of amides is 1. The predicted molar refractivity (Wildman–Crippen MR) is 81.3 cm³/mol. The van der Waals surface area contributed by atoms with Gasteiger partial charge in [-0.25, -0.2) is 0 Å². The maximum Gasteiger partial charge on any atom is 0.306 e. The molecule has 0 unspecified atom stereocenters. The van der Waals surface area contributed by atoms with E-state index in [4.69, 9.17) is 14.6 Å². The number of rotatable bonds is 5. The molecule has 6 nitrogen and oxygen atoms in total. The van der Waals surface area contributed by atoms with Crippen molar-refractivity contribution < 1.29 is 24.2 Å². The molecule has 2 N–H and O–H groups in total. The van der Waals surface area contributed by atoms with Crippen molar-refractivity contribution in [1.82, 2.24) is 0 Å². The molecule has 0 heterocycles. The highest BCUT2D eigenvalue weighted by Gasteiger charge is 2.30. The number of carbonyl (C=O) groups excluding carboxylic acids is 1. The molecule has 0 aromatic heterocycles. The lowest BCUT2D eigenvalue weighted by atomic mass is 9.81. The minimum atomic E-state index is -0.770. The fourth-order valence-corrected chi connectivity index (χ4v) is 2.75. The molecule has 0 aliphatic heterocycles. The number of anilines is 1. The molecule has 2 rings (SSSR count). The maximum absolute atomic E-state index is 12.4. The molecule has 1 amide bonds. The first kappa shape index (κ1) is 16.1. The van der Waals surface area contributed by atoms with E-state index in [1.165, 1.54) is 7.11 Å². The van der Waals surface area contributed by atoms with Crippen LogP contribution in [0.3, 0.4) is 0 Å². The van der Waals surface area contributed by atoms with E-state index in [2.05, 4.69) is 5.32 Å². The molecule has 120 valence electrons. The minimum Gasteiger partial charge on any atom is -0.497 e. The average Bonchev–Trinajstić information content (AvgIpc) is 2.54. The van der Waals surface area contributed by atoms with Crippen LogP contribution in [0.2, 0.25) is 0 Å². The number of hydrogen-bond acceptors (Lipinski definition) is 4. The second-order valence-electron chi connectivity index (χ2n) is 5.44. The van der Waals surface area contributed by atoms with Crippen LogP contribution in [-0.4, -0.2) is 31.2 Å². The van der Waals surface area contributed by atoms with Crippen LogP contribution in [0.15, 0.2) is 18.2 Å². The van der Waals surface area contributed by atoms with Crippen molar-refractivity contribution in [2.75, 3.05) is 19.5 Å². The van der Waals surface area contributed by atoms with Gasteiger partial charge < -0.3 is 19.9 Å². The summed E-state index contributed by atoms with van der Waals surface area (Å²) in [6, 6.07) is 5.20. The van der Waals surface area contributed by atoms with Gasteiger partial charge in [0.2, 0.25) is 5.91 Å². The third-order valence-electron chi connectivity index (χ3n) is 4.11. The van der Waals surface area contributed by atoms with Gasteiger partial charge in [-0.1, -0.05) is 0 Å². The van der Waals surface area contributed by atoms with Crippen LogP contribution in [0.4, 0.5) is 5.69 Å². The van der Waals surface area contributed by atoms with Gasteiger partial charge in [-0.2, -0.15) is 0 Å². The number of hydrogen-bond donors (Lipinski definition) is 2. The minimum absolute atomic E-state index is 0.101. The van der Waals surface area contributed by atoms with Crippen molar-refractivity contribution >= 4 is 17.6 Å². The summed E-state index contributed by atoms with van der Waals surface area (Å²) in [4.78, 5) is 23.3. The van der Waals surface area contributed by atoms with Crippen LogP contribution in [0.25, 0.3) is 0 Å². The zero-order valence-electron chi connectivity index (χ0n) is 12.8. The highest BCUT2D eigenvalue weighted by molar-refractivity contribution is 5.94. The summed E-state index contributed by atoms with van der Waals surface area (Å²) in [7, 11) is 3.09. The molecule has 1 saturated carbocycles. The molecule has 1 aliphatic carbocycles. The second kappa shape index (κ2) is 7.15. The van der Waals surface area contributed by atoms with Gasteiger partial charge in [-0.05, 0) is 37.8 Å². The lowest BCUT2D eigenvalue weighted by molar-refractivity contribution is -0.143. The number of carbonyl (C=O) groups is 2. The molecule has 0 saturated heterocycles. The van der Waals surface area contributed by atoms with E-state index < -0.39 is 5.97 Å². The number of carboxylic acid groups (broad SMARTS) is 1. The maximum atomic E-state index is 12.4. The van der Waals surface area contributed by atoms with Crippen LogP contribution in [0.1, 0.15) is 25.7 Å². The molecule has 1 aliphatic rings. The Hall–Kier alpha value is -2.24. The van der Waals surface area contributed by atoms with Crippen LogP contribution in [-0.2, 0) is 9.59 Å². The molecule has 6 heteroatoms. The number of benzene rings is 1. The number of methoxy groups -OCH3 is 2. The van der Waals surface area contributed by atoms with E-state index in [1.807, 2.05) is 0 Å². The second-order valence-corrected chi connectivity index (χ2v) is 5.44. The smallest absolute Gasteiger partial charge is 0.306 e. The SMILES string of the molecule is COc1ccc(OC)c(NC(=O)C2CCC(C(=O)O)CC2)c1. The Labute approximate surface area is 129 Å². The monoisotopic (exact) mass is 307 g/mol. The molecule has 0 radical (unpaired) electrons. The molecule has 1 aromatic rings. The van der Waals surface area contributed by atoms with E-state index in [0.717, 1.165) is 0 Å². The van der Waals surface area contributed by atoms with E-state index in [9.17, 15) is 9.59 Å². The first-order chi connectivity index (χ1) is 10.5. The fourth-order valence-electron chi connectivity index (χ4n) is 2.75. The standard InChI is InChI=1S/C16H21NO5/c1-21-12-7-8-14(22-2)13(9-12)17-15(18)10-3-5-11(6-4-10)16(19)20/h7-11H,3-6H2,1-2H3,(H,17,18)(H,19,20). The van der Waals surface area contributed by atoms with Crippen LogP contribution in [0.5, 0.6) is 11.5 Å². The molecule has 22 heavy (non-hydrogen) atoms. The zero-order valence-corrected chi connectivity index (χ0v) is 12.8. The van der Waals surface area contributed by atoms with Gasteiger partial charge >= 0.3 is 5.97 Å². The Morgan fingerprint density at radius 1 is 1.09 bits per heavy atom. The Kier molecular flexibility index (Phi) is 5.25. The molecule has 1 aromatic carbocycles. The summed E-state index contributed by atoms with van der Waals surface area (Å²) in [5.41, 5.74) is 0.562. The van der Waals surface area contributed by atoms with Gasteiger partial charge in [-0.15, -0.1) is 0 Å². The molecule has 0 atom stereocenters. The molecular weight excluding hydrogens is 286 g/mol. The van der Waals surface area contributed by atoms with Crippen molar-refractivity contribution in [1.29, 1.82) is 0 Å². The Bertz CT molecular complexity index is 549. The Morgan fingerprint density at radius 3 is 2.27 bits per heavy atom. The first-order valence-electron chi connectivity index (χ1n) is 7.30. The van der Waals surface area contributed by atoms with Gasteiger partial charge in [0, 0.05) is 12.0 Å². The highest BCUT2D eigenvalue weighted by atomic mass is 16.5. The van der Waals surface area contributed by atoms with Crippen molar-refractivity contribution in [3.05, 3.63) is 18.2 Å². The largest absolute Gasteiger partial charge is 0.497 e. The van der Waals surface area contributed by atoms with E-state index in [0.29, 0.717) is 42.9 Å². The number of carboxylic acids is 1. The summed E-state index contributed by atoms with van der Waals surface area (Å²) in [6.07, 6.45) is 2.27. The van der Waals surface area contributed by atoms with Crippen LogP contribution in [0, 0.1) is 11.8 Å². The van der Waals surface area contributed by atoms with Gasteiger partial charge in [0.25, 0.3) is 0 Å². The van der Waals surface area contributed by atoms with Crippen molar-refractivity contribution in [2.24, 2.45) is 11.8 Å². The number of nitrogens with one attached hydrogen (secondary N) is 1. The summed E-state index contributed by atoms with van der Waals surface area (Å²) in [6.45, 7) is 0. The van der Waals surface area contributed by atoms with E-state index in [-0.39, 0.29) is 17.7 Å². The summed E-state index contributed by atoms with van der Waals surface area (Å²) < 4.78 is 10.4. The highest BCUT2D eigenvalue weighted by Crippen LogP contribution is 2.32. The summed E-state index contributed by atoms with van der Waals surface area (Å²) in [5.74, 6) is -0.162. The zero-order chi connectivity index (χ0) is 16.1. The normalized spacial score (nSPS) is 21.0. The Morgan fingerprint density at radius 2 is 1.73 bits per heavy atom. The number of aliphatic carboxylic acids is 1. The number of ether oxygens (including phenoxy) is 2. The summed E-state index contributed by atoms with van der Waals surface area (Å²) >= 11 is 0. The lowest BCUT2D eigenvalue weighted by Crippen LogP contribution is -2.29. The van der Waals surface area contributed by atoms with E-state index >= 15 is 0 Å². The van der Waals surface area contributed by atoms with Gasteiger partial charge in [-0.3, -0.25) is 9.59 Å². The van der Waals surface area contributed by atoms with Crippen molar-refractivity contribution in [3.8, 4) is 11.5 Å².